The van der Waals surface area contributed by atoms with Gasteiger partial charge in [-0.2, -0.15) is 0 Å². The molecule has 3 nitrogen and oxygen atoms in total. The van der Waals surface area contributed by atoms with E-state index in [2.05, 4.69) is 4.98 Å². The fourth-order valence-corrected chi connectivity index (χ4v) is 1.02. The second-order valence-electron chi connectivity index (χ2n) is 2.79. The zero-order valence-electron chi connectivity index (χ0n) is 7.24. The molecule has 1 aromatic rings. The van der Waals surface area contributed by atoms with Gasteiger partial charge in [-0.05, 0) is 25.5 Å². The lowest BCUT2D eigenvalue weighted by Crippen LogP contribution is -2.20. The number of aryl methyl sites for hydroxylation is 1. The number of aromatic nitrogens is 1. The Balaban J connectivity index is 3.02. The van der Waals surface area contributed by atoms with E-state index < -0.39 is 6.04 Å². The first-order valence-corrected chi connectivity index (χ1v) is 3.80. The Labute approximate surface area is 71.6 Å². The number of pyridine rings is 1. The number of nitrogens with two attached hydrogens (primary N) is 1. The Morgan fingerprint density at radius 1 is 1.67 bits per heavy atom. The zero-order valence-corrected chi connectivity index (χ0v) is 7.24. The molecule has 1 heterocycles. The first-order valence-electron chi connectivity index (χ1n) is 3.80. The van der Waals surface area contributed by atoms with Crippen LogP contribution in [0.4, 0.5) is 0 Å². The van der Waals surface area contributed by atoms with Crippen LogP contribution >= 0.6 is 0 Å². The van der Waals surface area contributed by atoms with Crippen LogP contribution < -0.4 is 5.73 Å². The van der Waals surface area contributed by atoms with Gasteiger partial charge in [-0.15, -0.1) is 0 Å². The van der Waals surface area contributed by atoms with Gasteiger partial charge in [-0.1, -0.05) is 6.07 Å². The highest BCUT2D eigenvalue weighted by Gasteiger charge is 2.13. The molecule has 2 N–H and O–H groups in total. The summed E-state index contributed by atoms with van der Waals surface area (Å²) in [7, 11) is 0. The van der Waals surface area contributed by atoms with Gasteiger partial charge >= 0.3 is 0 Å². The summed E-state index contributed by atoms with van der Waals surface area (Å²) in [6.45, 7) is 3.36. The van der Waals surface area contributed by atoms with Crippen molar-refractivity contribution in [3.63, 3.8) is 0 Å². The number of carbonyl (C=O) groups excluding carboxylic acids is 1. The molecule has 0 saturated carbocycles. The third-order valence-electron chi connectivity index (χ3n) is 1.78. The second kappa shape index (κ2) is 3.45. The van der Waals surface area contributed by atoms with Gasteiger partial charge in [0.05, 0.1) is 5.69 Å². The van der Waals surface area contributed by atoms with E-state index in [0.717, 1.165) is 5.56 Å². The topological polar surface area (TPSA) is 56.0 Å². The predicted octanol–water partition coefficient (Wildman–Crippen LogP) is 0.979. The molecule has 1 unspecified atom stereocenters. The average molecular weight is 164 g/mol. The number of Topliss-reactive ketones (excluding diaryl/α,β-unsaturated/α-hetero) is 1. The number of nitrogens with zero attached hydrogens (tertiary/aromatic N) is 1. The number of carbonyl (C=O) groups is 1. The van der Waals surface area contributed by atoms with E-state index in [1.807, 2.05) is 19.1 Å². The van der Waals surface area contributed by atoms with E-state index in [1.54, 1.807) is 6.20 Å². The summed E-state index contributed by atoms with van der Waals surface area (Å²) in [5, 5.41) is 0. The van der Waals surface area contributed by atoms with E-state index in [0.29, 0.717) is 5.69 Å². The lowest BCUT2D eigenvalue weighted by atomic mass is 10.1. The summed E-state index contributed by atoms with van der Waals surface area (Å²) in [6.07, 6.45) is 1.64. The SMILES string of the molecule is CC(=O)C(N)c1ncccc1C. The maximum absolute atomic E-state index is 10.9. The third kappa shape index (κ3) is 1.68. The van der Waals surface area contributed by atoms with Crippen LogP contribution in [0.25, 0.3) is 0 Å². The Bertz CT molecular complexity index is 296. The molecule has 0 aliphatic heterocycles. The van der Waals surface area contributed by atoms with Crippen LogP contribution in [-0.4, -0.2) is 10.8 Å². The summed E-state index contributed by atoms with van der Waals surface area (Å²) >= 11 is 0. The van der Waals surface area contributed by atoms with E-state index in [4.69, 9.17) is 5.73 Å². The van der Waals surface area contributed by atoms with E-state index in [9.17, 15) is 4.79 Å². The minimum atomic E-state index is -0.578. The number of ketones is 1. The van der Waals surface area contributed by atoms with Crippen LogP contribution in [-0.2, 0) is 4.79 Å². The van der Waals surface area contributed by atoms with Gasteiger partial charge in [0.25, 0.3) is 0 Å². The highest BCUT2D eigenvalue weighted by atomic mass is 16.1. The number of hydrogen-bond donors (Lipinski definition) is 1. The molecule has 0 aliphatic rings. The Hall–Kier alpha value is -1.22. The Kier molecular flexibility index (Phi) is 2.55. The molecule has 1 aromatic heterocycles. The highest BCUT2D eigenvalue weighted by Crippen LogP contribution is 2.11. The van der Waals surface area contributed by atoms with Crippen LogP contribution in [0.1, 0.15) is 24.2 Å². The van der Waals surface area contributed by atoms with Crippen LogP contribution in [0.15, 0.2) is 18.3 Å². The molecular formula is C9H12N2O. The highest BCUT2D eigenvalue weighted by molar-refractivity contribution is 5.82. The number of rotatable bonds is 2. The zero-order chi connectivity index (χ0) is 9.14. The van der Waals surface area contributed by atoms with Gasteiger partial charge in [-0.3, -0.25) is 9.78 Å². The smallest absolute Gasteiger partial charge is 0.152 e. The molecule has 64 valence electrons. The Morgan fingerprint density at radius 3 is 2.83 bits per heavy atom. The molecule has 0 aromatic carbocycles. The van der Waals surface area contributed by atoms with Gasteiger partial charge in [0.15, 0.2) is 5.78 Å². The fourth-order valence-electron chi connectivity index (χ4n) is 1.02. The minimum absolute atomic E-state index is 0.0585. The van der Waals surface area contributed by atoms with E-state index in [1.165, 1.54) is 6.92 Å². The van der Waals surface area contributed by atoms with Gasteiger partial charge in [0.2, 0.25) is 0 Å². The van der Waals surface area contributed by atoms with Gasteiger partial charge in [0.1, 0.15) is 6.04 Å². The lowest BCUT2D eigenvalue weighted by Gasteiger charge is -2.08. The average Bonchev–Trinajstić information content (AvgIpc) is 2.04. The van der Waals surface area contributed by atoms with Crippen LogP contribution in [0.2, 0.25) is 0 Å². The summed E-state index contributed by atoms with van der Waals surface area (Å²) in [6, 6.07) is 3.14. The predicted molar refractivity (Wildman–Crippen MR) is 46.6 cm³/mol. The van der Waals surface area contributed by atoms with E-state index in [-0.39, 0.29) is 5.78 Å². The summed E-state index contributed by atoms with van der Waals surface area (Å²) in [4.78, 5) is 15.0. The van der Waals surface area contributed by atoms with Crippen molar-refractivity contribution in [1.29, 1.82) is 0 Å². The van der Waals surface area contributed by atoms with Crippen LogP contribution in [0, 0.1) is 6.92 Å². The summed E-state index contributed by atoms with van der Waals surface area (Å²) in [5.74, 6) is -0.0585. The van der Waals surface area contributed by atoms with Gasteiger partial charge < -0.3 is 5.73 Å². The first-order chi connectivity index (χ1) is 5.63. The molecular weight excluding hydrogens is 152 g/mol. The van der Waals surface area contributed by atoms with E-state index >= 15 is 0 Å². The minimum Gasteiger partial charge on any atom is -0.317 e. The molecule has 0 radical (unpaired) electrons. The fraction of sp³-hybridized carbons (Fsp3) is 0.333. The summed E-state index contributed by atoms with van der Waals surface area (Å²) < 4.78 is 0. The van der Waals surface area contributed by atoms with Crippen molar-refractivity contribution in [2.75, 3.05) is 0 Å². The molecule has 1 rings (SSSR count). The molecule has 0 amide bonds. The van der Waals surface area contributed by atoms with Crippen molar-refractivity contribution >= 4 is 5.78 Å². The van der Waals surface area contributed by atoms with Crippen molar-refractivity contribution in [3.8, 4) is 0 Å². The Morgan fingerprint density at radius 2 is 2.33 bits per heavy atom. The third-order valence-corrected chi connectivity index (χ3v) is 1.78. The van der Waals surface area contributed by atoms with Crippen molar-refractivity contribution in [2.24, 2.45) is 5.73 Å². The molecule has 0 spiro atoms. The molecule has 0 bridgehead atoms. The maximum atomic E-state index is 10.9. The van der Waals surface area contributed by atoms with Crippen molar-refractivity contribution < 1.29 is 4.79 Å². The standard InChI is InChI=1S/C9H12N2O/c1-6-4-3-5-11-9(6)8(10)7(2)12/h3-5,8H,10H2,1-2H3. The molecule has 0 aliphatic carbocycles. The van der Waals surface area contributed by atoms with Gasteiger partial charge in [0, 0.05) is 6.20 Å². The van der Waals surface area contributed by atoms with Crippen molar-refractivity contribution in [1.82, 2.24) is 4.98 Å². The monoisotopic (exact) mass is 164 g/mol. The second-order valence-corrected chi connectivity index (χ2v) is 2.79. The maximum Gasteiger partial charge on any atom is 0.152 e. The molecule has 12 heavy (non-hydrogen) atoms. The van der Waals surface area contributed by atoms with Crippen molar-refractivity contribution in [2.45, 2.75) is 19.9 Å². The van der Waals surface area contributed by atoms with Crippen LogP contribution in [0.5, 0.6) is 0 Å². The normalized spacial score (nSPS) is 12.6. The molecule has 3 heteroatoms. The number of hydrogen-bond acceptors (Lipinski definition) is 3. The van der Waals surface area contributed by atoms with Crippen LogP contribution in [0.3, 0.4) is 0 Å². The summed E-state index contributed by atoms with van der Waals surface area (Å²) in [5.41, 5.74) is 7.26. The largest absolute Gasteiger partial charge is 0.317 e. The lowest BCUT2D eigenvalue weighted by molar-refractivity contribution is -0.118. The molecule has 1 atom stereocenters. The van der Waals surface area contributed by atoms with Gasteiger partial charge in [-0.25, -0.2) is 0 Å². The first kappa shape index (κ1) is 8.87. The quantitative estimate of drug-likeness (QED) is 0.708. The van der Waals surface area contributed by atoms with Crippen molar-refractivity contribution in [3.05, 3.63) is 29.6 Å². The molecule has 0 saturated heterocycles. The molecule has 0 fully saturated rings.